The van der Waals surface area contributed by atoms with Gasteiger partial charge in [-0.05, 0) is 24.7 Å². The first-order chi connectivity index (χ1) is 6.91. The summed E-state index contributed by atoms with van der Waals surface area (Å²) >= 11 is 0. The Morgan fingerprint density at radius 1 is 1.47 bits per heavy atom. The molecule has 0 aliphatic heterocycles. The molecule has 0 spiro atoms. The molecule has 0 aromatic rings. The Morgan fingerprint density at radius 2 is 2.00 bits per heavy atom. The average Bonchev–Trinajstić information content (AvgIpc) is 2.80. The van der Waals surface area contributed by atoms with E-state index in [0.29, 0.717) is 12.3 Å². The molecule has 0 bridgehead atoms. The number of hydrogen-bond donors (Lipinski definition) is 2. The number of aliphatic carboxylic acids is 1. The van der Waals surface area contributed by atoms with Gasteiger partial charge in [0.25, 0.3) is 0 Å². The number of rotatable bonds is 5. The minimum Gasteiger partial charge on any atom is -0.480 e. The van der Waals surface area contributed by atoms with Gasteiger partial charge in [-0.25, -0.2) is 4.79 Å². The zero-order chi connectivity index (χ0) is 11.6. The van der Waals surface area contributed by atoms with Crippen molar-refractivity contribution in [2.24, 2.45) is 17.8 Å². The second-order valence-electron chi connectivity index (χ2n) is 4.85. The van der Waals surface area contributed by atoms with Gasteiger partial charge in [0.15, 0.2) is 0 Å². The third-order valence-corrected chi connectivity index (χ3v) is 2.77. The number of carbonyl (C=O) groups excluding carboxylic acids is 1. The van der Waals surface area contributed by atoms with Crippen LogP contribution in [-0.2, 0) is 9.59 Å². The molecule has 0 aromatic carbocycles. The van der Waals surface area contributed by atoms with Gasteiger partial charge in [-0.1, -0.05) is 20.8 Å². The molecule has 0 saturated heterocycles. The lowest BCUT2D eigenvalue weighted by molar-refractivity contribution is -0.142. The van der Waals surface area contributed by atoms with Gasteiger partial charge in [0, 0.05) is 5.92 Å². The van der Waals surface area contributed by atoms with E-state index in [1.807, 2.05) is 20.8 Å². The van der Waals surface area contributed by atoms with Crippen LogP contribution in [-0.4, -0.2) is 23.0 Å². The molecule has 2 unspecified atom stereocenters. The first-order valence-corrected chi connectivity index (χ1v) is 5.45. The highest BCUT2D eigenvalue weighted by Gasteiger charge is 2.40. The molecule has 86 valence electrons. The van der Waals surface area contributed by atoms with Crippen LogP contribution in [0, 0.1) is 17.8 Å². The Bertz CT molecular complexity index is 263. The van der Waals surface area contributed by atoms with Gasteiger partial charge >= 0.3 is 5.97 Å². The summed E-state index contributed by atoms with van der Waals surface area (Å²) < 4.78 is 0. The topological polar surface area (TPSA) is 66.4 Å². The molecule has 15 heavy (non-hydrogen) atoms. The fourth-order valence-corrected chi connectivity index (χ4v) is 1.66. The fraction of sp³-hybridized carbons (Fsp3) is 0.818. The summed E-state index contributed by atoms with van der Waals surface area (Å²) in [5, 5.41) is 11.5. The summed E-state index contributed by atoms with van der Waals surface area (Å²) in [5.41, 5.74) is 0. The highest BCUT2D eigenvalue weighted by Crippen LogP contribution is 2.37. The van der Waals surface area contributed by atoms with Crippen molar-refractivity contribution in [3.8, 4) is 0 Å². The molecule has 4 nitrogen and oxygen atoms in total. The lowest BCUT2D eigenvalue weighted by Gasteiger charge is -2.16. The Morgan fingerprint density at radius 3 is 2.33 bits per heavy atom. The fourth-order valence-electron chi connectivity index (χ4n) is 1.66. The zero-order valence-electron chi connectivity index (χ0n) is 9.49. The highest BCUT2D eigenvalue weighted by molar-refractivity contribution is 5.86. The Balaban J connectivity index is 2.43. The lowest BCUT2D eigenvalue weighted by atomic mass is 10.0. The molecule has 2 N–H and O–H groups in total. The normalized spacial score (nSPS) is 26.1. The van der Waals surface area contributed by atoms with Gasteiger partial charge < -0.3 is 10.4 Å². The molecule has 1 aliphatic carbocycles. The summed E-state index contributed by atoms with van der Waals surface area (Å²) in [6.45, 7) is 5.89. The maximum Gasteiger partial charge on any atom is 0.326 e. The number of carboxylic acids is 1. The molecule has 1 fully saturated rings. The van der Waals surface area contributed by atoms with Crippen molar-refractivity contribution in [1.29, 1.82) is 0 Å². The van der Waals surface area contributed by atoms with E-state index in [1.54, 1.807) is 0 Å². The van der Waals surface area contributed by atoms with Gasteiger partial charge in [-0.3, -0.25) is 4.79 Å². The summed E-state index contributed by atoms with van der Waals surface area (Å²) in [6.07, 6.45) is 1.38. The highest BCUT2D eigenvalue weighted by atomic mass is 16.4. The maximum atomic E-state index is 11.5. The molecule has 1 amide bonds. The van der Waals surface area contributed by atoms with Crippen LogP contribution in [0.25, 0.3) is 0 Å². The summed E-state index contributed by atoms with van der Waals surface area (Å²) in [6, 6.07) is -0.731. The minimum absolute atomic E-state index is 0.0408. The van der Waals surface area contributed by atoms with E-state index < -0.39 is 12.0 Å². The summed E-state index contributed by atoms with van der Waals surface area (Å²) in [7, 11) is 0. The smallest absolute Gasteiger partial charge is 0.326 e. The number of nitrogens with one attached hydrogen (secondary N) is 1. The molecule has 0 radical (unpaired) electrons. The first-order valence-electron chi connectivity index (χ1n) is 5.45. The largest absolute Gasteiger partial charge is 0.480 e. The van der Waals surface area contributed by atoms with Crippen LogP contribution in [0.15, 0.2) is 0 Å². The van der Waals surface area contributed by atoms with Crippen LogP contribution in [0.4, 0.5) is 0 Å². The third kappa shape index (κ3) is 3.53. The quantitative estimate of drug-likeness (QED) is 0.722. The van der Waals surface area contributed by atoms with Crippen molar-refractivity contribution in [3.05, 3.63) is 0 Å². The van der Waals surface area contributed by atoms with E-state index >= 15 is 0 Å². The maximum absolute atomic E-state index is 11.5. The average molecular weight is 213 g/mol. The van der Waals surface area contributed by atoms with Gasteiger partial charge in [0.1, 0.15) is 6.04 Å². The van der Waals surface area contributed by atoms with Gasteiger partial charge in [0.2, 0.25) is 5.91 Å². The molecule has 0 aromatic heterocycles. The molecule has 1 rings (SSSR count). The van der Waals surface area contributed by atoms with E-state index in [4.69, 9.17) is 5.11 Å². The van der Waals surface area contributed by atoms with Crippen LogP contribution < -0.4 is 5.32 Å². The molecule has 3 atom stereocenters. The van der Waals surface area contributed by atoms with E-state index in [9.17, 15) is 9.59 Å². The molecular formula is C11H19NO3. The van der Waals surface area contributed by atoms with Crippen molar-refractivity contribution < 1.29 is 14.7 Å². The standard InChI is InChI=1S/C11H19NO3/c1-6(2)4-9(11(14)15)12-10(13)8-5-7(8)3/h6-9H,4-5H2,1-3H3,(H,12,13)(H,14,15)/t7?,8?,9-/m1/s1. The number of carbonyl (C=O) groups is 2. The van der Waals surface area contributed by atoms with Crippen molar-refractivity contribution in [3.63, 3.8) is 0 Å². The SMILES string of the molecule is CC(C)C[C@@H](NC(=O)C1CC1C)C(=O)O. The number of amides is 1. The summed E-state index contributed by atoms with van der Waals surface area (Å²) in [5.74, 6) is -0.318. The molecule has 1 aliphatic rings. The predicted octanol–water partition coefficient (Wildman–Crippen LogP) is 1.26. The van der Waals surface area contributed by atoms with E-state index in [0.717, 1.165) is 6.42 Å². The van der Waals surface area contributed by atoms with Crippen molar-refractivity contribution in [1.82, 2.24) is 5.32 Å². The Labute approximate surface area is 90.0 Å². The second-order valence-corrected chi connectivity index (χ2v) is 4.85. The van der Waals surface area contributed by atoms with Crippen LogP contribution in [0.3, 0.4) is 0 Å². The van der Waals surface area contributed by atoms with Crippen LogP contribution in [0.1, 0.15) is 33.6 Å². The number of carboxylic acid groups (broad SMARTS) is 1. The van der Waals surface area contributed by atoms with Crippen molar-refractivity contribution in [2.45, 2.75) is 39.7 Å². The van der Waals surface area contributed by atoms with Gasteiger partial charge in [0.05, 0.1) is 0 Å². The Hall–Kier alpha value is -1.06. The van der Waals surface area contributed by atoms with Crippen LogP contribution in [0.5, 0.6) is 0 Å². The van der Waals surface area contributed by atoms with Gasteiger partial charge in [-0.15, -0.1) is 0 Å². The lowest BCUT2D eigenvalue weighted by Crippen LogP contribution is -2.42. The molecule has 4 heteroatoms. The summed E-state index contributed by atoms with van der Waals surface area (Å²) in [4.78, 5) is 22.4. The van der Waals surface area contributed by atoms with E-state index in [2.05, 4.69) is 5.32 Å². The minimum atomic E-state index is -0.939. The van der Waals surface area contributed by atoms with E-state index in [1.165, 1.54) is 0 Å². The van der Waals surface area contributed by atoms with Crippen molar-refractivity contribution in [2.75, 3.05) is 0 Å². The second kappa shape index (κ2) is 4.64. The van der Waals surface area contributed by atoms with Crippen LogP contribution in [0.2, 0.25) is 0 Å². The van der Waals surface area contributed by atoms with Crippen LogP contribution >= 0.6 is 0 Å². The molecule has 1 saturated carbocycles. The van der Waals surface area contributed by atoms with E-state index in [-0.39, 0.29) is 17.7 Å². The number of hydrogen-bond acceptors (Lipinski definition) is 2. The molecule has 0 heterocycles. The van der Waals surface area contributed by atoms with Crippen molar-refractivity contribution >= 4 is 11.9 Å². The predicted molar refractivity (Wildman–Crippen MR) is 56.3 cm³/mol. The molecular weight excluding hydrogens is 194 g/mol. The monoisotopic (exact) mass is 213 g/mol. The third-order valence-electron chi connectivity index (χ3n) is 2.77. The Kier molecular flexibility index (Phi) is 3.72. The zero-order valence-corrected chi connectivity index (χ0v) is 9.49. The first kappa shape index (κ1) is 12.0. The van der Waals surface area contributed by atoms with Gasteiger partial charge in [-0.2, -0.15) is 0 Å².